The van der Waals surface area contributed by atoms with Crippen molar-refractivity contribution in [2.45, 2.75) is 12.8 Å². The van der Waals surface area contributed by atoms with Crippen LogP contribution in [-0.4, -0.2) is 25.5 Å². The van der Waals surface area contributed by atoms with Gasteiger partial charge in [-0.1, -0.05) is 0 Å². The monoisotopic (exact) mass is 322 g/mol. The van der Waals surface area contributed by atoms with Crippen LogP contribution in [-0.2, 0) is 0 Å². The first-order valence-corrected chi connectivity index (χ1v) is 6.28. The number of furan rings is 1. The molecule has 1 aromatic heterocycles. The van der Waals surface area contributed by atoms with Crippen molar-refractivity contribution >= 4 is 34.2 Å². The molecule has 1 saturated heterocycles. The zero-order valence-corrected chi connectivity index (χ0v) is 11.8. The van der Waals surface area contributed by atoms with Crippen LogP contribution in [0.5, 0.6) is 0 Å². The first-order chi connectivity index (χ1) is 7.75. The van der Waals surface area contributed by atoms with E-state index in [0.717, 1.165) is 26.1 Å². The molecule has 4 nitrogen and oxygen atoms in total. The molecule has 1 amide bonds. The van der Waals surface area contributed by atoms with Crippen molar-refractivity contribution < 1.29 is 9.21 Å². The van der Waals surface area contributed by atoms with Crippen LogP contribution < -0.4 is 10.6 Å². The summed E-state index contributed by atoms with van der Waals surface area (Å²) in [6.45, 7) is 2.91. The van der Waals surface area contributed by atoms with Crippen LogP contribution in [0.1, 0.15) is 23.2 Å². The summed E-state index contributed by atoms with van der Waals surface area (Å²) in [5.74, 6) is 0.636. The van der Waals surface area contributed by atoms with Gasteiger partial charge in [-0.15, -0.1) is 12.4 Å². The van der Waals surface area contributed by atoms with Gasteiger partial charge in [-0.05, 0) is 47.8 Å². The highest BCUT2D eigenvalue weighted by Gasteiger charge is 2.14. The SMILES string of the molecule is Cl.O=C(NCCC1CCNC1)c1coc(Br)c1. The van der Waals surface area contributed by atoms with Gasteiger partial charge in [0.1, 0.15) is 6.26 Å². The van der Waals surface area contributed by atoms with Gasteiger partial charge >= 0.3 is 0 Å². The standard InChI is InChI=1S/C11H15BrN2O2.ClH/c12-10-5-9(7-16-10)11(15)14-4-2-8-1-3-13-6-8;/h5,7-8,13H,1-4,6H2,(H,14,15);1H. The van der Waals surface area contributed by atoms with E-state index in [1.54, 1.807) is 6.07 Å². The lowest BCUT2D eigenvalue weighted by atomic mass is 10.1. The van der Waals surface area contributed by atoms with Gasteiger partial charge in [0.05, 0.1) is 5.56 Å². The molecular formula is C11H16BrClN2O2. The van der Waals surface area contributed by atoms with Crippen LogP contribution in [0.2, 0.25) is 0 Å². The molecule has 1 atom stereocenters. The van der Waals surface area contributed by atoms with Crippen molar-refractivity contribution in [1.82, 2.24) is 10.6 Å². The van der Waals surface area contributed by atoms with Gasteiger partial charge in [-0.2, -0.15) is 0 Å². The predicted octanol–water partition coefficient (Wildman–Crippen LogP) is 2.19. The molecule has 0 aliphatic carbocycles. The topological polar surface area (TPSA) is 54.3 Å². The first kappa shape index (κ1) is 14.5. The minimum Gasteiger partial charge on any atom is -0.457 e. The van der Waals surface area contributed by atoms with Crippen LogP contribution in [0.15, 0.2) is 21.4 Å². The Labute approximate surface area is 115 Å². The smallest absolute Gasteiger partial charge is 0.254 e. The van der Waals surface area contributed by atoms with Gasteiger partial charge in [0.15, 0.2) is 4.67 Å². The maximum absolute atomic E-state index is 11.6. The summed E-state index contributed by atoms with van der Waals surface area (Å²) in [5, 5.41) is 6.20. The molecule has 2 N–H and O–H groups in total. The molecule has 2 heterocycles. The number of hydrogen-bond donors (Lipinski definition) is 2. The highest BCUT2D eigenvalue weighted by Crippen LogP contribution is 2.14. The highest BCUT2D eigenvalue weighted by molar-refractivity contribution is 9.10. The molecule has 1 aliphatic heterocycles. The Hall–Kier alpha value is -0.520. The normalized spacial score (nSPS) is 18.8. The third-order valence-electron chi connectivity index (χ3n) is 2.83. The van der Waals surface area contributed by atoms with E-state index >= 15 is 0 Å². The minimum atomic E-state index is -0.0691. The third-order valence-corrected chi connectivity index (χ3v) is 3.25. The summed E-state index contributed by atoms with van der Waals surface area (Å²) >= 11 is 3.17. The second-order valence-electron chi connectivity index (χ2n) is 4.04. The number of hydrogen-bond acceptors (Lipinski definition) is 3. The Bertz CT molecular complexity index is 364. The number of nitrogens with one attached hydrogen (secondary N) is 2. The van der Waals surface area contributed by atoms with Crippen molar-refractivity contribution in [3.63, 3.8) is 0 Å². The second kappa shape index (κ2) is 7.03. The summed E-state index contributed by atoms with van der Waals surface area (Å²) in [4.78, 5) is 11.6. The quantitative estimate of drug-likeness (QED) is 0.893. The molecule has 6 heteroatoms. The van der Waals surface area contributed by atoms with E-state index in [0.29, 0.717) is 16.2 Å². The molecule has 0 aromatic carbocycles. The summed E-state index contributed by atoms with van der Waals surface area (Å²) in [7, 11) is 0. The average Bonchev–Trinajstić information content (AvgIpc) is 2.89. The van der Waals surface area contributed by atoms with Gasteiger partial charge in [0.25, 0.3) is 5.91 Å². The number of rotatable bonds is 4. The zero-order valence-electron chi connectivity index (χ0n) is 9.37. The van der Waals surface area contributed by atoms with E-state index in [-0.39, 0.29) is 18.3 Å². The Morgan fingerprint density at radius 2 is 2.47 bits per heavy atom. The molecule has 17 heavy (non-hydrogen) atoms. The minimum absolute atomic E-state index is 0. The van der Waals surface area contributed by atoms with Crippen LogP contribution in [0.25, 0.3) is 0 Å². The molecule has 1 fully saturated rings. The fourth-order valence-corrected chi connectivity index (χ4v) is 2.22. The van der Waals surface area contributed by atoms with Crippen molar-refractivity contribution in [2.24, 2.45) is 5.92 Å². The second-order valence-corrected chi connectivity index (χ2v) is 4.82. The van der Waals surface area contributed by atoms with Crippen LogP contribution in [0.4, 0.5) is 0 Å². The highest BCUT2D eigenvalue weighted by atomic mass is 79.9. The number of amides is 1. The Balaban J connectivity index is 0.00000144. The van der Waals surface area contributed by atoms with E-state index < -0.39 is 0 Å². The number of carbonyl (C=O) groups excluding carboxylic acids is 1. The molecule has 0 saturated carbocycles. The molecule has 1 unspecified atom stereocenters. The van der Waals surface area contributed by atoms with Crippen molar-refractivity contribution in [1.29, 1.82) is 0 Å². The first-order valence-electron chi connectivity index (χ1n) is 5.48. The summed E-state index contributed by atoms with van der Waals surface area (Å²) in [6.07, 6.45) is 3.71. The lowest BCUT2D eigenvalue weighted by molar-refractivity contribution is 0.0951. The number of halogens is 2. The van der Waals surface area contributed by atoms with Gasteiger partial charge in [-0.25, -0.2) is 0 Å². The van der Waals surface area contributed by atoms with Gasteiger partial charge in [0.2, 0.25) is 0 Å². The summed E-state index contributed by atoms with van der Waals surface area (Å²) < 4.78 is 5.59. The van der Waals surface area contributed by atoms with E-state index in [2.05, 4.69) is 26.6 Å². The Kier molecular flexibility index (Phi) is 6.02. The zero-order chi connectivity index (χ0) is 11.4. The van der Waals surface area contributed by atoms with Crippen LogP contribution >= 0.6 is 28.3 Å². The van der Waals surface area contributed by atoms with E-state index in [4.69, 9.17) is 4.42 Å². The molecule has 0 spiro atoms. The predicted molar refractivity (Wildman–Crippen MR) is 71.6 cm³/mol. The molecule has 0 bridgehead atoms. The van der Waals surface area contributed by atoms with Crippen LogP contribution in [0.3, 0.4) is 0 Å². The molecule has 1 aromatic rings. The van der Waals surface area contributed by atoms with Crippen molar-refractivity contribution in [3.8, 4) is 0 Å². The van der Waals surface area contributed by atoms with Gasteiger partial charge < -0.3 is 15.1 Å². The molecule has 0 radical (unpaired) electrons. The lowest BCUT2D eigenvalue weighted by Crippen LogP contribution is -2.26. The maximum atomic E-state index is 11.6. The van der Waals surface area contributed by atoms with Gasteiger partial charge in [0, 0.05) is 12.6 Å². The Morgan fingerprint density at radius 3 is 3.06 bits per heavy atom. The van der Waals surface area contributed by atoms with E-state index in [1.807, 2.05) is 0 Å². The van der Waals surface area contributed by atoms with Crippen LogP contribution in [0, 0.1) is 5.92 Å². The fourth-order valence-electron chi connectivity index (χ4n) is 1.88. The summed E-state index contributed by atoms with van der Waals surface area (Å²) in [5.41, 5.74) is 0.566. The fraction of sp³-hybridized carbons (Fsp3) is 0.545. The Morgan fingerprint density at radius 1 is 1.65 bits per heavy atom. The van der Waals surface area contributed by atoms with Gasteiger partial charge in [-0.3, -0.25) is 4.79 Å². The molecular weight excluding hydrogens is 307 g/mol. The average molecular weight is 324 g/mol. The number of carbonyl (C=O) groups is 1. The third kappa shape index (κ3) is 4.33. The molecule has 2 rings (SSSR count). The lowest BCUT2D eigenvalue weighted by Gasteiger charge is -2.08. The summed E-state index contributed by atoms with van der Waals surface area (Å²) in [6, 6.07) is 1.67. The molecule has 1 aliphatic rings. The van der Waals surface area contributed by atoms with E-state index in [1.165, 1.54) is 12.7 Å². The molecule has 96 valence electrons. The van der Waals surface area contributed by atoms with Crippen molar-refractivity contribution in [3.05, 3.63) is 22.6 Å². The van der Waals surface area contributed by atoms with Crippen molar-refractivity contribution in [2.75, 3.05) is 19.6 Å². The van der Waals surface area contributed by atoms with E-state index in [9.17, 15) is 4.79 Å². The largest absolute Gasteiger partial charge is 0.457 e. The maximum Gasteiger partial charge on any atom is 0.254 e.